The molecule has 0 saturated carbocycles. The first-order valence-corrected chi connectivity index (χ1v) is 6.06. The second-order valence-corrected chi connectivity index (χ2v) is 4.70. The minimum atomic E-state index is 0.0853. The van der Waals surface area contributed by atoms with Gasteiger partial charge in [0.05, 0.1) is 12.6 Å². The number of nitrogens with zero attached hydrogens (tertiary/aromatic N) is 2. The first-order valence-electron chi connectivity index (χ1n) is 6.06. The summed E-state index contributed by atoms with van der Waals surface area (Å²) in [4.78, 5) is 6.37. The number of anilines is 1. The number of likely N-dealkylation sites (N-methyl/N-ethyl adjacent to an activating group) is 1. The molecule has 4 heteroatoms. The molecule has 1 aromatic heterocycles. The Balaban J connectivity index is 2.61. The van der Waals surface area contributed by atoms with E-state index in [1.54, 1.807) is 0 Å². The number of aliphatic hydroxyl groups is 1. The van der Waals surface area contributed by atoms with Gasteiger partial charge in [-0.25, -0.2) is 4.98 Å². The van der Waals surface area contributed by atoms with Gasteiger partial charge in [0.25, 0.3) is 0 Å². The van der Waals surface area contributed by atoms with Crippen LogP contribution in [0, 0.1) is 0 Å². The molecular weight excluding hydrogens is 214 g/mol. The van der Waals surface area contributed by atoms with Crippen molar-refractivity contribution in [3.05, 3.63) is 23.9 Å². The largest absolute Gasteiger partial charge is 0.394 e. The molecule has 0 fully saturated rings. The van der Waals surface area contributed by atoms with Crippen molar-refractivity contribution >= 4 is 5.82 Å². The van der Waals surface area contributed by atoms with E-state index in [0.29, 0.717) is 6.04 Å². The van der Waals surface area contributed by atoms with Crippen LogP contribution in [0.3, 0.4) is 0 Å². The topological polar surface area (TPSA) is 48.4 Å². The number of hydrogen-bond donors (Lipinski definition) is 2. The predicted molar refractivity (Wildman–Crippen MR) is 71.2 cm³/mol. The molecular formula is C13H23N3O. The molecule has 0 aromatic carbocycles. The lowest BCUT2D eigenvalue weighted by atomic mass is 10.2. The van der Waals surface area contributed by atoms with E-state index in [-0.39, 0.29) is 12.6 Å². The third-order valence-corrected chi connectivity index (χ3v) is 2.81. The van der Waals surface area contributed by atoms with Crippen molar-refractivity contribution in [3.8, 4) is 0 Å². The Bertz CT molecular complexity index is 324. The highest BCUT2D eigenvalue weighted by atomic mass is 16.3. The van der Waals surface area contributed by atoms with Crippen molar-refractivity contribution in [2.45, 2.75) is 39.4 Å². The zero-order valence-corrected chi connectivity index (χ0v) is 11.1. The molecule has 0 aliphatic carbocycles. The maximum absolute atomic E-state index is 9.09. The van der Waals surface area contributed by atoms with Crippen LogP contribution in [0.5, 0.6) is 0 Å². The van der Waals surface area contributed by atoms with Crippen LogP contribution in [0.25, 0.3) is 0 Å². The van der Waals surface area contributed by atoms with Crippen LogP contribution < -0.4 is 10.2 Å². The van der Waals surface area contributed by atoms with Crippen molar-refractivity contribution in [2.24, 2.45) is 0 Å². The first-order chi connectivity index (χ1) is 8.04. The SMILES string of the molecule is CC(C)NCc1ccc(N(C)C(C)CO)nc1. The van der Waals surface area contributed by atoms with Crippen LogP contribution in [0.1, 0.15) is 26.3 Å². The van der Waals surface area contributed by atoms with Crippen LogP contribution in [0.2, 0.25) is 0 Å². The number of aliphatic hydroxyl groups excluding tert-OH is 1. The van der Waals surface area contributed by atoms with Crippen LogP contribution >= 0.6 is 0 Å². The Kier molecular flexibility index (Phi) is 5.38. The summed E-state index contributed by atoms with van der Waals surface area (Å²) in [6, 6.07) is 4.62. The molecule has 0 saturated heterocycles. The summed E-state index contributed by atoms with van der Waals surface area (Å²) in [7, 11) is 1.94. The van der Waals surface area contributed by atoms with Crippen molar-refractivity contribution < 1.29 is 5.11 Å². The Hall–Kier alpha value is -1.13. The van der Waals surface area contributed by atoms with E-state index in [9.17, 15) is 0 Å². The molecule has 0 radical (unpaired) electrons. The van der Waals surface area contributed by atoms with Crippen molar-refractivity contribution in [1.82, 2.24) is 10.3 Å². The van der Waals surface area contributed by atoms with E-state index in [1.807, 2.05) is 31.1 Å². The van der Waals surface area contributed by atoms with Crippen LogP contribution in [-0.4, -0.2) is 35.8 Å². The number of hydrogen-bond acceptors (Lipinski definition) is 4. The molecule has 2 N–H and O–H groups in total. The highest BCUT2D eigenvalue weighted by Crippen LogP contribution is 2.12. The average Bonchev–Trinajstić information content (AvgIpc) is 2.35. The highest BCUT2D eigenvalue weighted by Gasteiger charge is 2.09. The molecule has 1 atom stereocenters. The maximum Gasteiger partial charge on any atom is 0.128 e. The molecule has 1 unspecified atom stereocenters. The molecule has 0 spiro atoms. The molecule has 1 aromatic rings. The second-order valence-electron chi connectivity index (χ2n) is 4.70. The minimum Gasteiger partial charge on any atom is -0.394 e. The van der Waals surface area contributed by atoms with Crippen LogP contribution in [0.15, 0.2) is 18.3 Å². The second kappa shape index (κ2) is 6.57. The third kappa shape index (κ3) is 4.32. The standard InChI is InChI=1S/C13H23N3O/c1-10(2)14-7-12-5-6-13(15-8-12)16(4)11(3)9-17/h5-6,8,10-11,14,17H,7,9H2,1-4H3. The molecule has 1 rings (SSSR count). The number of rotatable bonds is 6. The number of pyridine rings is 1. The lowest BCUT2D eigenvalue weighted by molar-refractivity contribution is 0.270. The molecule has 0 amide bonds. The minimum absolute atomic E-state index is 0.0853. The van der Waals surface area contributed by atoms with E-state index >= 15 is 0 Å². The third-order valence-electron chi connectivity index (χ3n) is 2.81. The molecule has 17 heavy (non-hydrogen) atoms. The summed E-state index contributed by atoms with van der Waals surface area (Å²) in [5, 5.41) is 12.4. The van der Waals surface area contributed by atoms with Gasteiger partial charge in [0, 0.05) is 25.8 Å². The lowest BCUT2D eigenvalue weighted by Crippen LogP contribution is -2.32. The van der Waals surface area contributed by atoms with Gasteiger partial charge in [0.1, 0.15) is 5.82 Å². The van der Waals surface area contributed by atoms with Gasteiger partial charge in [-0.1, -0.05) is 19.9 Å². The molecule has 4 nitrogen and oxygen atoms in total. The summed E-state index contributed by atoms with van der Waals surface area (Å²) < 4.78 is 0. The van der Waals surface area contributed by atoms with Gasteiger partial charge in [-0.05, 0) is 18.6 Å². The Morgan fingerprint density at radius 2 is 2.06 bits per heavy atom. The summed E-state index contributed by atoms with van der Waals surface area (Å²) in [5.74, 6) is 0.889. The van der Waals surface area contributed by atoms with E-state index < -0.39 is 0 Å². The van der Waals surface area contributed by atoms with Gasteiger partial charge in [-0.3, -0.25) is 0 Å². The molecule has 0 bridgehead atoms. The van der Waals surface area contributed by atoms with Crippen molar-refractivity contribution in [3.63, 3.8) is 0 Å². The van der Waals surface area contributed by atoms with Gasteiger partial charge >= 0.3 is 0 Å². The fourth-order valence-electron chi connectivity index (χ4n) is 1.40. The quantitative estimate of drug-likeness (QED) is 0.785. The highest BCUT2D eigenvalue weighted by molar-refractivity contribution is 5.39. The summed E-state index contributed by atoms with van der Waals surface area (Å²) in [6.07, 6.45) is 1.88. The Labute approximate surface area is 104 Å². The van der Waals surface area contributed by atoms with Crippen molar-refractivity contribution in [1.29, 1.82) is 0 Å². The Morgan fingerprint density at radius 3 is 2.53 bits per heavy atom. The average molecular weight is 237 g/mol. The predicted octanol–water partition coefficient (Wildman–Crippen LogP) is 1.40. The molecule has 96 valence electrons. The van der Waals surface area contributed by atoms with Crippen LogP contribution in [-0.2, 0) is 6.54 Å². The zero-order chi connectivity index (χ0) is 12.8. The monoisotopic (exact) mass is 237 g/mol. The van der Waals surface area contributed by atoms with Gasteiger partial charge in [-0.2, -0.15) is 0 Å². The normalized spacial score (nSPS) is 12.8. The fourth-order valence-corrected chi connectivity index (χ4v) is 1.40. The Morgan fingerprint density at radius 1 is 1.35 bits per heavy atom. The van der Waals surface area contributed by atoms with E-state index in [1.165, 1.54) is 5.56 Å². The molecule has 1 heterocycles. The first kappa shape index (κ1) is 13.9. The summed E-state index contributed by atoms with van der Waals surface area (Å²) >= 11 is 0. The smallest absolute Gasteiger partial charge is 0.128 e. The summed E-state index contributed by atoms with van der Waals surface area (Å²) in [5.41, 5.74) is 1.17. The van der Waals surface area contributed by atoms with E-state index in [0.717, 1.165) is 12.4 Å². The van der Waals surface area contributed by atoms with E-state index in [4.69, 9.17) is 5.11 Å². The zero-order valence-electron chi connectivity index (χ0n) is 11.1. The number of nitrogens with one attached hydrogen (secondary N) is 1. The maximum atomic E-state index is 9.09. The molecule has 0 aliphatic rings. The lowest BCUT2D eigenvalue weighted by Gasteiger charge is -2.24. The van der Waals surface area contributed by atoms with Gasteiger partial charge in [0.15, 0.2) is 0 Å². The van der Waals surface area contributed by atoms with Crippen molar-refractivity contribution in [2.75, 3.05) is 18.6 Å². The summed E-state index contributed by atoms with van der Waals surface area (Å²) in [6.45, 7) is 7.19. The number of aromatic nitrogens is 1. The fraction of sp³-hybridized carbons (Fsp3) is 0.615. The van der Waals surface area contributed by atoms with Gasteiger partial charge < -0.3 is 15.3 Å². The van der Waals surface area contributed by atoms with Gasteiger partial charge in [0.2, 0.25) is 0 Å². The van der Waals surface area contributed by atoms with Crippen LogP contribution in [0.4, 0.5) is 5.82 Å². The molecule has 0 aliphatic heterocycles. The van der Waals surface area contributed by atoms with Gasteiger partial charge in [-0.15, -0.1) is 0 Å². The van der Waals surface area contributed by atoms with E-state index in [2.05, 4.69) is 30.2 Å².